The first-order valence-corrected chi connectivity index (χ1v) is 12.3. The maximum absolute atomic E-state index is 12.7. The number of ether oxygens (including phenoxy) is 1. The molecule has 1 aliphatic rings. The molecule has 0 radical (unpaired) electrons. The summed E-state index contributed by atoms with van der Waals surface area (Å²) in [7, 11) is 1.78. The second-order valence-electron chi connectivity index (χ2n) is 8.72. The summed E-state index contributed by atoms with van der Waals surface area (Å²) in [6.45, 7) is 0.806. The Morgan fingerprint density at radius 1 is 1.16 bits per heavy atom. The number of aryl methyl sites for hydroxylation is 1. The van der Waals surface area contributed by atoms with E-state index in [1.165, 1.54) is 18.2 Å². The maximum Gasteiger partial charge on any atom is 0.573 e. The number of fused-ring (bicyclic) bond motifs is 2. The van der Waals surface area contributed by atoms with Gasteiger partial charge in [-0.1, -0.05) is 11.3 Å². The average Bonchev–Trinajstić information content (AvgIpc) is 3.53. The predicted octanol–water partition coefficient (Wildman–Crippen LogP) is 4.38. The van der Waals surface area contributed by atoms with Crippen LogP contribution in [0.1, 0.15) is 29.6 Å². The zero-order valence-electron chi connectivity index (χ0n) is 19.6. The van der Waals surface area contributed by atoms with Crippen molar-refractivity contribution >= 4 is 55.4 Å². The number of anilines is 2. The van der Waals surface area contributed by atoms with Crippen molar-refractivity contribution in [3.63, 3.8) is 0 Å². The molecule has 4 aromatic rings. The Kier molecular flexibility index (Phi) is 6.50. The lowest BCUT2D eigenvalue weighted by Crippen LogP contribution is -2.29. The van der Waals surface area contributed by atoms with Gasteiger partial charge in [0, 0.05) is 44.6 Å². The van der Waals surface area contributed by atoms with Crippen molar-refractivity contribution in [2.45, 2.75) is 31.7 Å². The highest BCUT2D eigenvalue weighted by molar-refractivity contribution is 7.22. The lowest BCUT2D eigenvalue weighted by atomic mass is 10.1. The summed E-state index contributed by atoms with van der Waals surface area (Å²) in [5.74, 6) is -0.218. The Morgan fingerprint density at radius 3 is 2.70 bits per heavy atom. The first kappa shape index (κ1) is 25.0. The molecule has 3 heterocycles. The summed E-state index contributed by atoms with van der Waals surface area (Å²) in [6, 6.07) is 9.02. The molecule has 1 saturated heterocycles. The number of hydrogen-bond acceptors (Lipinski definition) is 8. The molecule has 5 rings (SSSR count). The number of benzene rings is 2. The van der Waals surface area contributed by atoms with E-state index in [2.05, 4.69) is 20.0 Å². The van der Waals surface area contributed by atoms with Crippen LogP contribution in [0.5, 0.6) is 5.75 Å². The molecular weight excluding hydrogens is 511 g/mol. The van der Waals surface area contributed by atoms with Crippen molar-refractivity contribution < 1.29 is 32.6 Å². The number of alkyl halides is 3. The Labute approximate surface area is 212 Å². The van der Waals surface area contributed by atoms with Crippen LogP contribution in [0.4, 0.5) is 24.3 Å². The summed E-state index contributed by atoms with van der Waals surface area (Å²) >= 11 is 1.15. The molecule has 194 valence electrons. The van der Waals surface area contributed by atoms with E-state index in [-0.39, 0.29) is 30.3 Å². The summed E-state index contributed by atoms with van der Waals surface area (Å²) < 4.78 is 43.8. The predicted molar refractivity (Wildman–Crippen MR) is 131 cm³/mol. The number of halogens is 3. The van der Waals surface area contributed by atoms with Gasteiger partial charge in [0.15, 0.2) is 10.9 Å². The van der Waals surface area contributed by atoms with Crippen LogP contribution in [-0.4, -0.2) is 61.8 Å². The number of β-amino-alcohol motifs (C(OH)–C–C–N with tert-alkyl or cyclic N) is 1. The lowest BCUT2D eigenvalue weighted by Gasteiger charge is -2.14. The summed E-state index contributed by atoms with van der Waals surface area (Å²) in [4.78, 5) is 35.5. The molecule has 37 heavy (non-hydrogen) atoms. The molecule has 2 aromatic heterocycles. The van der Waals surface area contributed by atoms with Crippen LogP contribution >= 0.6 is 11.3 Å². The highest BCUT2D eigenvalue weighted by Crippen LogP contribution is 2.33. The largest absolute Gasteiger partial charge is 0.573 e. The van der Waals surface area contributed by atoms with Crippen LogP contribution in [0.3, 0.4) is 0 Å². The Hall–Kier alpha value is -3.71. The zero-order valence-corrected chi connectivity index (χ0v) is 20.4. The molecule has 13 heteroatoms. The van der Waals surface area contributed by atoms with E-state index in [9.17, 15) is 27.9 Å². The number of aromatic nitrogens is 3. The molecule has 2 aromatic carbocycles. The number of rotatable bonds is 7. The number of aliphatic hydroxyl groups excluding tert-OH is 1. The lowest BCUT2D eigenvalue weighted by molar-refractivity contribution is -0.274. The minimum Gasteiger partial charge on any atom is -0.406 e. The van der Waals surface area contributed by atoms with Gasteiger partial charge in [0.25, 0.3) is 0 Å². The number of Topliss-reactive ketones (excluding diaryl/α,β-unsaturated/α-hetero) is 1. The third kappa shape index (κ3) is 5.52. The number of amides is 1. The van der Waals surface area contributed by atoms with Crippen molar-refractivity contribution in [1.82, 2.24) is 19.4 Å². The van der Waals surface area contributed by atoms with Gasteiger partial charge in [-0.25, -0.2) is 9.97 Å². The third-order valence-electron chi connectivity index (χ3n) is 6.10. The summed E-state index contributed by atoms with van der Waals surface area (Å²) in [5, 5.41) is 13.1. The van der Waals surface area contributed by atoms with Gasteiger partial charge in [0.1, 0.15) is 5.75 Å². The van der Waals surface area contributed by atoms with E-state index in [1.54, 1.807) is 34.7 Å². The van der Waals surface area contributed by atoms with E-state index in [1.807, 2.05) is 0 Å². The van der Waals surface area contributed by atoms with E-state index in [0.717, 1.165) is 16.9 Å². The van der Waals surface area contributed by atoms with Gasteiger partial charge >= 0.3 is 6.36 Å². The minimum atomic E-state index is -4.78. The fourth-order valence-corrected chi connectivity index (χ4v) is 5.12. The van der Waals surface area contributed by atoms with Gasteiger partial charge in [-0.2, -0.15) is 0 Å². The van der Waals surface area contributed by atoms with E-state index >= 15 is 0 Å². The van der Waals surface area contributed by atoms with E-state index in [0.29, 0.717) is 51.9 Å². The first-order valence-electron chi connectivity index (χ1n) is 11.4. The molecule has 1 unspecified atom stereocenters. The van der Waals surface area contributed by atoms with Crippen LogP contribution in [0.2, 0.25) is 0 Å². The number of carbonyl (C=O) groups is 2. The number of nitrogens with zero attached hydrogens (tertiary/aromatic N) is 4. The quantitative estimate of drug-likeness (QED) is 0.339. The Bertz CT molecular complexity index is 1500. The smallest absolute Gasteiger partial charge is 0.406 e. The number of carbonyl (C=O) groups excluding carboxylic acids is 2. The number of nitrogens with one attached hydrogen (secondary N) is 1. The topological polar surface area (TPSA) is 110 Å². The third-order valence-corrected chi connectivity index (χ3v) is 7.03. The van der Waals surface area contributed by atoms with Crippen molar-refractivity contribution in [3.8, 4) is 5.75 Å². The van der Waals surface area contributed by atoms with Crippen molar-refractivity contribution in [2.75, 3.05) is 18.4 Å². The number of aliphatic hydroxyl groups is 1. The number of thiazole rings is 1. The second-order valence-corrected chi connectivity index (χ2v) is 9.76. The molecule has 1 amide bonds. The van der Waals surface area contributed by atoms with Crippen LogP contribution in [0.25, 0.3) is 21.3 Å². The van der Waals surface area contributed by atoms with Gasteiger partial charge in [-0.05, 0) is 36.8 Å². The molecule has 2 N–H and O–H groups in total. The van der Waals surface area contributed by atoms with Crippen LogP contribution in [0, 0.1) is 0 Å². The number of imidazole rings is 1. The molecule has 1 fully saturated rings. The number of hydrogen-bond donors (Lipinski definition) is 2. The van der Waals surface area contributed by atoms with E-state index < -0.39 is 12.5 Å². The van der Waals surface area contributed by atoms with Crippen molar-refractivity contribution in [2.24, 2.45) is 7.05 Å². The van der Waals surface area contributed by atoms with Gasteiger partial charge < -0.3 is 24.6 Å². The summed E-state index contributed by atoms with van der Waals surface area (Å²) in [5.41, 5.74) is 2.25. The molecule has 0 bridgehead atoms. The van der Waals surface area contributed by atoms with Crippen LogP contribution in [0.15, 0.2) is 36.4 Å². The molecule has 0 spiro atoms. The molecular formula is C24H22F3N5O4S. The van der Waals surface area contributed by atoms with E-state index in [4.69, 9.17) is 0 Å². The molecule has 9 nitrogen and oxygen atoms in total. The van der Waals surface area contributed by atoms with Gasteiger partial charge in [0.05, 0.1) is 27.4 Å². The zero-order chi connectivity index (χ0) is 26.3. The molecule has 1 aliphatic heterocycles. The van der Waals surface area contributed by atoms with Crippen molar-refractivity contribution in [3.05, 3.63) is 42.0 Å². The normalized spacial score (nSPS) is 16.0. The Morgan fingerprint density at radius 2 is 1.97 bits per heavy atom. The van der Waals surface area contributed by atoms with Gasteiger partial charge in [-0.15, -0.1) is 13.2 Å². The van der Waals surface area contributed by atoms with Gasteiger partial charge in [-0.3, -0.25) is 9.59 Å². The number of likely N-dealkylation sites (tertiary alicyclic amines) is 1. The molecule has 0 aliphatic carbocycles. The van der Waals surface area contributed by atoms with Gasteiger partial charge in [0.2, 0.25) is 11.9 Å². The Balaban J connectivity index is 1.29. The molecule has 1 atom stereocenters. The highest BCUT2D eigenvalue weighted by atomic mass is 32.1. The van der Waals surface area contributed by atoms with Crippen LogP contribution < -0.4 is 10.1 Å². The fraction of sp³-hybridized carbons (Fsp3) is 0.333. The van der Waals surface area contributed by atoms with Crippen molar-refractivity contribution in [1.29, 1.82) is 0 Å². The standard InChI is InChI=1S/C24H22F3N5O4S/c1-31-18-5-2-13(19(34)6-7-21(35)32-9-8-14(33)12-32)10-17(18)28-22(31)30-23-29-16-4-3-15(11-20(16)37-23)36-24(25,26)27/h2-5,10-11,14,33H,6-9,12H2,1H3,(H,28,29,30). The van der Waals surface area contributed by atoms with Crippen LogP contribution in [-0.2, 0) is 11.8 Å². The minimum absolute atomic E-state index is 0.0562. The number of ketones is 1. The first-order chi connectivity index (χ1) is 17.6. The maximum atomic E-state index is 12.7. The molecule has 0 saturated carbocycles. The average molecular weight is 534 g/mol. The summed E-state index contributed by atoms with van der Waals surface area (Å²) in [6.07, 6.45) is -4.60. The highest BCUT2D eigenvalue weighted by Gasteiger charge is 2.31. The monoisotopic (exact) mass is 533 g/mol. The second kappa shape index (κ2) is 9.63. The SMILES string of the molecule is Cn1c(Nc2nc3ccc(OC(F)(F)F)cc3s2)nc2cc(C(=O)CCC(=O)N3CCC(O)C3)ccc21. The fourth-order valence-electron chi connectivity index (χ4n) is 4.23.